The fraction of sp³-hybridized carbons (Fsp3) is 0.440. The van der Waals surface area contributed by atoms with E-state index in [4.69, 9.17) is 16.3 Å². The summed E-state index contributed by atoms with van der Waals surface area (Å²) in [5.41, 5.74) is 2.94. The molecule has 2 aromatic carbocycles. The number of hydrogen-bond donors (Lipinski definition) is 1. The van der Waals surface area contributed by atoms with Gasteiger partial charge in [-0.05, 0) is 78.6 Å². The number of nitroso groups, excluding NO2 is 1. The lowest BCUT2D eigenvalue weighted by molar-refractivity contribution is -0.140. The Hall–Kier alpha value is -2.47. The van der Waals surface area contributed by atoms with Crippen LogP contribution in [0.3, 0.4) is 0 Å². The predicted molar refractivity (Wildman–Crippen MR) is 144 cm³/mol. The van der Waals surface area contributed by atoms with Gasteiger partial charge in [0.1, 0.15) is 12.1 Å². The summed E-state index contributed by atoms with van der Waals surface area (Å²) in [5.74, 6) is -0.640. The number of fused-ring (bicyclic) bond motifs is 1. The first-order valence-corrected chi connectivity index (χ1v) is 14.4. The minimum absolute atomic E-state index is 0.0864. The van der Waals surface area contributed by atoms with E-state index < -0.39 is 16.0 Å². The Kier molecular flexibility index (Phi) is 10.1. The lowest BCUT2D eigenvalue weighted by Crippen LogP contribution is -2.39. The molecule has 0 aliphatic heterocycles. The maximum atomic E-state index is 13.4. The molecule has 0 aromatic heterocycles. The summed E-state index contributed by atoms with van der Waals surface area (Å²) in [5, 5.41) is 0.449. The van der Waals surface area contributed by atoms with Gasteiger partial charge in [0, 0.05) is 34.2 Å². The predicted octanol–water partition coefficient (Wildman–Crippen LogP) is 4.71. The van der Waals surface area contributed by atoms with Crippen molar-refractivity contribution >= 4 is 45.6 Å². The van der Waals surface area contributed by atoms with Crippen LogP contribution in [0.1, 0.15) is 53.7 Å². The summed E-state index contributed by atoms with van der Waals surface area (Å²) in [7, 11) is -2.43. The SMILES string of the molecule is COC(=O)CCc1c(C(=O)N(CC(C)C)SN=O)ccc2c1CCC(NS(=O)(=O)c1ccc(Cl)cc1)C2. The van der Waals surface area contributed by atoms with Crippen LogP contribution in [0.2, 0.25) is 5.02 Å². The molecule has 0 spiro atoms. The van der Waals surface area contributed by atoms with E-state index in [-0.39, 0.29) is 35.6 Å². The molecular formula is C25H30ClN3O6S2. The van der Waals surface area contributed by atoms with E-state index in [0.29, 0.717) is 54.1 Å². The molecule has 2 aromatic rings. The van der Waals surface area contributed by atoms with Crippen molar-refractivity contribution in [3.63, 3.8) is 0 Å². The Labute approximate surface area is 226 Å². The van der Waals surface area contributed by atoms with E-state index in [0.717, 1.165) is 11.1 Å². The van der Waals surface area contributed by atoms with Gasteiger partial charge in [0.05, 0.1) is 12.0 Å². The number of carbonyl (C=O) groups excluding carboxylic acids is 2. The first-order chi connectivity index (χ1) is 17.6. The van der Waals surface area contributed by atoms with Gasteiger partial charge in [-0.1, -0.05) is 31.5 Å². The van der Waals surface area contributed by atoms with Crippen molar-refractivity contribution in [3.8, 4) is 0 Å². The molecular weight excluding hydrogens is 538 g/mol. The van der Waals surface area contributed by atoms with Crippen LogP contribution >= 0.6 is 23.7 Å². The lowest BCUT2D eigenvalue weighted by atomic mass is 9.82. The molecule has 0 bridgehead atoms. The lowest BCUT2D eigenvalue weighted by Gasteiger charge is -2.29. The molecule has 12 heteroatoms. The van der Waals surface area contributed by atoms with E-state index in [1.165, 1.54) is 35.7 Å². The summed E-state index contributed by atoms with van der Waals surface area (Å²) in [6.45, 7) is 4.20. The maximum absolute atomic E-state index is 13.4. The Morgan fingerprint density at radius 3 is 2.54 bits per heavy atom. The van der Waals surface area contributed by atoms with Gasteiger partial charge in [0.2, 0.25) is 10.0 Å². The molecule has 0 saturated heterocycles. The van der Waals surface area contributed by atoms with Gasteiger partial charge < -0.3 is 4.74 Å². The van der Waals surface area contributed by atoms with Crippen LogP contribution in [-0.2, 0) is 38.8 Å². The third-order valence-electron chi connectivity index (χ3n) is 6.11. The van der Waals surface area contributed by atoms with Crippen LogP contribution in [0, 0.1) is 10.8 Å². The van der Waals surface area contributed by atoms with Crippen molar-refractivity contribution in [2.75, 3.05) is 13.7 Å². The number of amides is 1. The number of hydrogen-bond acceptors (Lipinski definition) is 8. The van der Waals surface area contributed by atoms with Crippen LogP contribution in [0.5, 0.6) is 0 Å². The number of benzene rings is 2. The molecule has 9 nitrogen and oxygen atoms in total. The van der Waals surface area contributed by atoms with Crippen molar-refractivity contribution in [1.82, 2.24) is 9.03 Å². The standard InChI is InChI=1S/C25H30ClN3O6S2/c1-16(2)15-29(36-28-32)25(31)23-10-4-17-14-19(7-11-21(17)22(23)12-13-24(30)35-3)27-37(33,34)20-8-5-18(26)6-9-20/h4-6,8-10,16,19,27H,7,11-15H2,1-3H3. The fourth-order valence-electron chi connectivity index (χ4n) is 4.41. The van der Waals surface area contributed by atoms with Crippen LogP contribution in [0.4, 0.5) is 0 Å². The molecule has 1 aliphatic carbocycles. The molecule has 200 valence electrons. The highest BCUT2D eigenvalue weighted by Crippen LogP contribution is 2.31. The zero-order valence-electron chi connectivity index (χ0n) is 20.9. The first kappa shape index (κ1) is 29.1. The monoisotopic (exact) mass is 567 g/mol. The minimum atomic E-state index is -3.74. The average molecular weight is 568 g/mol. The minimum Gasteiger partial charge on any atom is -0.469 e. The molecule has 1 unspecified atom stereocenters. The molecule has 0 saturated carbocycles. The number of methoxy groups -OCH3 is 1. The maximum Gasteiger partial charge on any atom is 0.305 e. The molecule has 1 amide bonds. The molecule has 0 heterocycles. The zero-order valence-corrected chi connectivity index (χ0v) is 23.3. The van der Waals surface area contributed by atoms with E-state index in [2.05, 4.69) is 9.30 Å². The van der Waals surface area contributed by atoms with Crippen molar-refractivity contribution < 1.29 is 22.7 Å². The van der Waals surface area contributed by atoms with Gasteiger partial charge in [-0.3, -0.25) is 13.9 Å². The summed E-state index contributed by atoms with van der Waals surface area (Å²) >= 11 is 6.45. The van der Waals surface area contributed by atoms with Crippen molar-refractivity contribution in [1.29, 1.82) is 0 Å². The van der Waals surface area contributed by atoms with Crippen LogP contribution < -0.4 is 4.72 Å². The van der Waals surface area contributed by atoms with Crippen molar-refractivity contribution in [2.45, 2.75) is 56.9 Å². The second-order valence-electron chi connectivity index (χ2n) is 9.24. The Balaban J connectivity index is 1.90. The number of halogens is 1. The smallest absolute Gasteiger partial charge is 0.305 e. The topological polar surface area (TPSA) is 122 Å². The van der Waals surface area contributed by atoms with Crippen LogP contribution in [0.25, 0.3) is 0 Å². The normalized spacial score (nSPS) is 15.2. The summed E-state index contributed by atoms with van der Waals surface area (Å²) in [4.78, 5) is 36.4. The van der Waals surface area contributed by atoms with Gasteiger partial charge in [-0.15, -0.1) is 4.91 Å². The molecule has 37 heavy (non-hydrogen) atoms. The number of sulfonamides is 1. The number of esters is 1. The van der Waals surface area contributed by atoms with Crippen molar-refractivity contribution in [3.05, 3.63) is 68.6 Å². The van der Waals surface area contributed by atoms with Crippen LogP contribution in [0.15, 0.2) is 45.9 Å². The third kappa shape index (κ3) is 7.53. The molecule has 3 rings (SSSR count). The number of carbonyl (C=O) groups is 2. The highest BCUT2D eigenvalue weighted by atomic mass is 35.5. The van der Waals surface area contributed by atoms with E-state index >= 15 is 0 Å². The number of ether oxygens (including phenoxy) is 1. The number of rotatable bonds is 11. The third-order valence-corrected chi connectivity index (χ3v) is 8.48. The Morgan fingerprint density at radius 2 is 1.92 bits per heavy atom. The second kappa shape index (κ2) is 12.9. The van der Waals surface area contributed by atoms with Gasteiger partial charge in [0.15, 0.2) is 0 Å². The zero-order chi connectivity index (χ0) is 27.2. The molecule has 1 aliphatic rings. The Morgan fingerprint density at radius 1 is 1.22 bits per heavy atom. The highest BCUT2D eigenvalue weighted by molar-refractivity contribution is 7.96. The van der Waals surface area contributed by atoms with Crippen LogP contribution in [-0.4, -0.2) is 44.3 Å². The first-order valence-electron chi connectivity index (χ1n) is 11.9. The summed E-state index contributed by atoms with van der Waals surface area (Å²) < 4.78 is 37.5. The van der Waals surface area contributed by atoms with E-state index in [1.54, 1.807) is 6.07 Å². The molecule has 0 fully saturated rings. The molecule has 1 atom stereocenters. The summed E-state index contributed by atoms with van der Waals surface area (Å²) in [6, 6.07) is 9.13. The van der Waals surface area contributed by atoms with Crippen molar-refractivity contribution in [2.24, 2.45) is 10.5 Å². The fourth-order valence-corrected chi connectivity index (χ4v) is 6.42. The number of nitrogens with one attached hydrogen (secondary N) is 1. The average Bonchev–Trinajstić information content (AvgIpc) is 2.86. The Bertz CT molecular complexity index is 1250. The van der Waals surface area contributed by atoms with Gasteiger partial charge in [0.25, 0.3) is 5.91 Å². The summed E-state index contributed by atoms with van der Waals surface area (Å²) in [6.07, 6.45) is 1.84. The number of nitrogens with zero attached hydrogens (tertiary/aromatic N) is 2. The van der Waals surface area contributed by atoms with E-state index in [9.17, 15) is 22.9 Å². The molecule has 0 radical (unpaired) electrons. The van der Waals surface area contributed by atoms with Gasteiger partial charge >= 0.3 is 5.97 Å². The second-order valence-corrected chi connectivity index (χ2v) is 12.1. The van der Waals surface area contributed by atoms with Gasteiger partial charge in [-0.25, -0.2) is 13.1 Å². The largest absolute Gasteiger partial charge is 0.469 e. The van der Waals surface area contributed by atoms with Gasteiger partial charge in [-0.2, -0.15) is 0 Å². The molecule has 1 N–H and O–H groups in total. The quantitative estimate of drug-likeness (QED) is 0.237. The highest BCUT2D eigenvalue weighted by Gasteiger charge is 2.29. The van der Waals surface area contributed by atoms with E-state index in [1.807, 2.05) is 19.9 Å².